The minimum atomic E-state index is -0.551. The fourth-order valence-electron chi connectivity index (χ4n) is 3.08. The van der Waals surface area contributed by atoms with E-state index in [1.807, 2.05) is 19.9 Å². The number of thioether (sulfide) groups is 1. The zero-order valence-corrected chi connectivity index (χ0v) is 19.8. The Kier molecular flexibility index (Phi) is 8.11. The van der Waals surface area contributed by atoms with Gasteiger partial charge in [-0.15, -0.1) is 0 Å². The van der Waals surface area contributed by atoms with Crippen molar-refractivity contribution in [1.82, 2.24) is 4.98 Å². The minimum Gasteiger partial charge on any atom is -0.497 e. The molecule has 0 radical (unpaired) electrons. The van der Waals surface area contributed by atoms with Gasteiger partial charge in [0.05, 0.1) is 23.5 Å². The van der Waals surface area contributed by atoms with E-state index < -0.39 is 11.2 Å². The van der Waals surface area contributed by atoms with E-state index in [-0.39, 0.29) is 28.8 Å². The molecule has 0 aliphatic rings. The van der Waals surface area contributed by atoms with Crippen molar-refractivity contribution in [3.63, 3.8) is 0 Å². The maximum Gasteiger partial charge on any atom is 0.259 e. The van der Waals surface area contributed by atoms with E-state index in [0.717, 1.165) is 11.8 Å². The van der Waals surface area contributed by atoms with Crippen LogP contribution in [0.15, 0.2) is 65.7 Å². The van der Waals surface area contributed by atoms with Gasteiger partial charge in [-0.25, -0.2) is 4.98 Å². The molecule has 4 N–H and O–H groups in total. The normalized spacial score (nSPS) is 11.4. The number of methoxy groups -OCH3 is 1. The number of carbonyl (C=O) groups is 2. The molecule has 1 heterocycles. The van der Waals surface area contributed by atoms with Crippen LogP contribution in [0.1, 0.15) is 29.8 Å². The monoisotopic (exact) mass is 475 g/mol. The summed E-state index contributed by atoms with van der Waals surface area (Å²) in [7, 11) is 1.57. The lowest BCUT2D eigenvalue weighted by Gasteiger charge is -2.20. The van der Waals surface area contributed by atoms with Gasteiger partial charge in [0.2, 0.25) is 5.91 Å². The highest BCUT2D eigenvalue weighted by atomic mass is 32.2. The first-order valence-corrected chi connectivity index (χ1v) is 11.4. The molecule has 0 saturated heterocycles. The Balaban J connectivity index is 1.81. The van der Waals surface area contributed by atoms with Crippen LogP contribution in [0.25, 0.3) is 0 Å². The van der Waals surface area contributed by atoms with Gasteiger partial charge in [0.15, 0.2) is 0 Å². The minimum absolute atomic E-state index is 0.0204. The van der Waals surface area contributed by atoms with Crippen molar-refractivity contribution in [2.75, 3.05) is 23.5 Å². The van der Waals surface area contributed by atoms with Gasteiger partial charge in [0.1, 0.15) is 22.7 Å². The first-order valence-electron chi connectivity index (χ1n) is 10.5. The molecule has 2 aromatic carbocycles. The Bertz CT molecular complexity index is 1210. The van der Waals surface area contributed by atoms with Crippen molar-refractivity contribution in [2.24, 2.45) is 5.92 Å². The molecule has 1 aromatic heterocycles. The van der Waals surface area contributed by atoms with E-state index in [1.165, 1.54) is 6.07 Å². The summed E-state index contributed by atoms with van der Waals surface area (Å²) < 4.78 is 5.14. The molecular formula is C25H25N5O3S. The van der Waals surface area contributed by atoms with E-state index in [1.54, 1.807) is 55.6 Å². The molecule has 1 atom stereocenters. The molecule has 34 heavy (non-hydrogen) atoms. The maximum atomic E-state index is 13.0. The van der Waals surface area contributed by atoms with Crippen molar-refractivity contribution in [3.8, 4) is 11.8 Å². The van der Waals surface area contributed by atoms with Crippen LogP contribution in [0.4, 0.5) is 17.2 Å². The quantitative estimate of drug-likeness (QED) is 0.407. The third-order valence-corrected chi connectivity index (χ3v) is 6.42. The number of hydrogen-bond donors (Lipinski definition) is 3. The fourth-order valence-corrected chi connectivity index (χ4v) is 4.14. The van der Waals surface area contributed by atoms with Crippen molar-refractivity contribution in [2.45, 2.75) is 24.1 Å². The number of nitrogen functional groups attached to an aromatic ring is 1. The number of ether oxygens (including phenoxy) is 1. The third kappa shape index (κ3) is 6.05. The van der Waals surface area contributed by atoms with Crippen molar-refractivity contribution >= 4 is 40.8 Å². The third-order valence-electron chi connectivity index (χ3n) is 4.87. The van der Waals surface area contributed by atoms with Crippen LogP contribution in [-0.2, 0) is 4.79 Å². The maximum absolute atomic E-state index is 13.0. The summed E-state index contributed by atoms with van der Waals surface area (Å²) in [5, 5.41) is 15.0. The van der Waals surface area contributed by atoms with Gasteiger partial charge in [-0.2, -0.15) is 5.26 Å². The van der Waals surface area contributed by atoms with Gasteiger partial charge in [-0.1, -0.05) is 43.8 Å². The molecule has 0 spiro atoms. The number of pyridine rings is 1. The van der Waals surface area contributed by atoms with Gasteiger partial charge >= 0.3 is 0 Å². The van der Waals surface area contributed by atoms with Crippen LogP contribution >= 0.6 is 11.8 Å². The Morgan fingerprint density at radius 2 is 1.71 bits per heavy atom. The molecule has 0 aliphatic carbocycles. The molecule has 0 saturated carbocycles. The number of benzene rings is 2. The van der Waals surface area contributed by atoms with Crippen molar-refractivity contribution < 1.29 is 14.3 Å². The van der Waals surface area contributed by atoms with Crippen molar-refractivity contribution in [3.05, 3.63) is 71.8 Å². The summed E-state index contributed by atoms with van der Waals surface area (Å²) in [6, 6.07) is 19.4. The first kappa shape index (κ1) is 24.6. The summed E-state index contributed by atoms with van der Waals surface area (Å²) >= 11 is 1.14. The van der Waals surface area contributed by atoms with Gasteiger partial charge in [0, 0.05) is 11.4 Å². The second kappa shape index (κ2) is 11.2. The van der Waals surface area contributed by atoms with Crippen molar-refractivity contribution in [1.29, 1.82) is 5.26 Å². The number of para-hydroxylation sites is 1. The molecule has 2 amide bonds. The lowest BCUT2D eigenvalue weighted by atomic mass is 10.1. The van der Waals surface area contributed by atoms with E-state index >= 15 is 0 Å². The molecule has 0 bridgehead atoms. The zero-order valence-electron chi connectivity index (χ0n) is 19.0. The zero-order chi connectivity index (χ0) is 24.7. The first-order chi connectivity index (χ1) is 16.3. The van der Waals surface area contributed by atoms with E-state index in [0.29, 0.717) is 22.2 Å². The van der Waals surface area contributed by atoms with Crippen LogP contribution in [0.3, 0.4) is 0 Å². The number of carbonyl (C=O) groups excluding carboxylic acids is 2. The van der Waals surface area contributed by atoms with E-state index in [9.17, 15) is 14.9 Å². The topological polar surface area (TPSA) is 130 Å². The lowest BCUT2D eigenvalue weighted by molar-refractivity contribution is -0.116. The molecule has 0 fully saturated rings. The number of amides is 2. The largest absolute Gasteiger partial charge is 0.497 e. The standard InChI is InChI=1S/C25H25N5O3S/c1-15(2)21(24(32)29-18-9-11-19(33-3)12-10-18)34-25-16(14-26)13-20(22(27)30-25)23(31)28-17-7-5-4-6-8-17/h4-13,15,21H,1-3H3,(H2,27,30)(H,28,31)(H,29,32). The summed E-state index contributed by atoms with van der Waals surface area (Å²) in [6.45, 7) is 3.81. The molecule has 174 valence electrons. The molecule has 0 aliphatic heterocycles. The van der Waals surface area contributed by atoms with Gasteiger partial charge in [-0.3, -0.25) is 9.59 Å². The summed E-state index contributed by atoms with van der Waals surface area (Å²) in [6.07, 6.45) is 0. The number of hydrogen-bond acceptors (Lipinski definition) is 7. The second-order valence-electron chi connectivity index (χ2n) is 7.71. The number of nitriles is 1. The predicted molar refractivity (Wildman–Crippen MR) is 134 cm³/mol. The molecule has 3 rings (SSSR count). The number of nitrogens with one attached hydrogen (secondary N) is 2. The number of anilines is 3. The predicted octanol–water partition coefficient (Wildman–Crippen LogP) is 4.55. The lowest BCUT2D eigenvalue weighted by Crippen LogP contribution is -2.30. The second-order valence-corrected chi connectivity index (χ2v) is 8.84. The number of aromatic nitrogens is 1. The average Bonchev–Trinajstić information content (AvgIpc) is 2.83. The van der Waals surface area contributed by atoms with Crippen LogP contribution in [0.2, 0.25) is 0 Å². The molecular weight excluding hydrogens is 450 g/mol. The average molecular weight is 476 g/mol. The summed E-state index contributed by atoms with van der Waals surface area (Å²) in [5.74, 6) is -0.114. The van der Waals surface area contributed by atoms with Crippen LogP contribution in [0, 0.1) is 17.2 Å². The Morgan fingerprint density at radius 3 is 2.29 bits per heavy atom. The highest BCUT2D eigenvalue weighted by molar-refractivity contribution is 8.00. The van der Waals surface area contributed by atoms with Crippen LogP contribution < -0.4 is 21.1 Å². The van der Waals surface area contributed by atoms with Crippen LogP contribution in [-0.4, -0.2) is 29.2 Å². The van der Waals surface area contributed by atoms with Gasteiger partial charge in [-0.05, 0) is 48.4 Å². The van der Waals surface area contributed by atoms with E-state index in [4.69, 9.17) is 10.5 Å². The molecule has 8 nitrogen and oxygen atoms in total. The molecule has 9 heteroatoms. The number of nitrogens with zero attached hydrogens (tertiary/aromatic N) is 2. The van der Waals surface area contributed by atoms with Gasteiger partial charge in [0.25, 0.3) is 5.91 Å². The summed E-state index contributed by atoms with van der Waals surface area (Å²) in [5.41, 5.74) is 7.55. The van der Waals surface area contributed by atoms with Crippen LogP contribution in [0.5, 0.6) is 5.75 Å². The molecule has 1 unspecified atom stereocenters. The SMILES string of the molecule is COc1ccc(NC(=O)C(Sc2nc(N)c(C(=O)Nc3ccccc3)cc2C#N)C(C)C)cc1. The van der Waals surface area contributed by atoms with E-state index in [2.05, 4.69) is 21.7 Å². The Morgan fingerprint density at radius 1 is 1.06 bits per heavy atom. The number of nitrogens with two attached hydrogens (primary N) is 1. The Labute approximate surface area is 202 Å². The Hall–Kier alpha value is -4.03. The highest BCUT2D eigenvalue weighted by Gasteiger charge is 2.27. The highest BCUT2D eigenvalue weighted by Crippen LogP contribution is 2.32. The fraction of sp³-hybridized carbons (Fsp3) is 0.200. The molecule has 3 aromatic rings. The number of rotatable bonds is 8. The van der Waals surface area contributed by atoms with Gasteiger partial charge < -0.3 is 21.1 Å². The summed E-state index contributed by atoms with van der Waals surface area (Å²) in [4.78, 5) is 30.0. The smallest absolute Gasteiger partial charge is 0.259 e.